The molecule has 5 nitrogen and oxygen atoms in total. The first-order valence-electron chi connectivity index (χ1n) is 10.1. The minimum atomic E-state index is -0.158. The lowest BCUT2D eigenvalue weighted by molar-refractivity contribution is -0.146. The van der Waals surface area contributed by atoms with Gasteiger partial charge in [0, 0.05) is 12.8 Å². The minimum Gasteiger partial charge on any atom is -0.463 e. The molecule has 0 saturated carbocycles. The van der Waals surface area contributed by atoms with E-state index >= 15 is 0 Å². The molecule has 0 aromatic heterocycles. The van der Waals surface area contributed by atoms with Crippen LogP contribution < -0.4 is 0 Å². The van der Waals surface area contributed by atoms with Crippen LogP contribution in [0.2, 0.25) is 0 Å². The first-order chi connectivity index (χ1) is 12.2. The van der Waals surface area contributed by atoms with Crippen LogP contribution in [0.1, 0.15) is 90.9 Å². The predicted octanol–water partition coefficient (Wildman–Crippen LogP) is 4.81. The Balaban J connectivity index is 3.26. The molecule has 148 valence electrons. The molecule has 0 spiro atoms. The van der Waals surface area contributed by atoms with Crippen LogP contribution in [0.3, 0.4) is 0 Å². The molecule has 0 aliphatic carbocycles. The van der Waals surface area contributed by atoms with Gasteiger partial charge in [-0.05, 0) is 12.8 Å². The highest BCUT2D eigenvalue weighted by molar-refractivity contribution is 5.69. The summed E-state index contributed by atoms with van der Waals surface area (Å²) in [5, 5.41) is 0. The highest BCUT2D eigenvalue weighted by Gasteiger charge is 2.04. The van der Waals surface area contributed by atoms with Crippen molar-refractivity contribution in [2.75, 3.05) is 26.4 Å². The fourth-order valence-corrected chi connectivity index (χ4v) is 2.42. The van der Waals surface area contributed by atoms with Gasteiger partial charge in [-0.15, -0.1) is 0 Å². The van der Waals surface area contributed by atoms with Crippen LogP contribution in [0.4, 0.5) is 0 Å². The predicted molar refractivity (Wildman–Crippen MR) is 99.5 cm³/mol. The second-order valence-electron chi connectivity index (χ2n) is 6.38. The lowest BCUT2D eigenvalue weighted by Gasteiger charge is -2.07. The molecule has 0 amide bonds. The van der Waals surface area contributed by atoms with Crippen molar-refractivity contribution in [3.63, 3.8) is 0 Å². The number of unbranched alkanes of at least 4 members (excludes halogenated alkanes) is 8. The lowest BCUT2D eigenvalue weighted by Crippen LogP contribution is -2.14. The van der Waals surface area contributed by atoms with Crippen LogP contribution in [0.25, 0.3) is 0 Å². The van der Waals surface area contributed by atoms with Crippen molar-refractivity contribution in [1.82, 2.24) is 0 Å². The Morgan fingerprint density at radius 1 is 0.560 bits per heavy atom. The maximum absolute atomic E-state index is 11.5. The number of ether oxygens (including phenoxy) is 3. The molecule has 0 heterocycles. The van der Waals surface area contributed by atoms with E-state index in [1.165, 1.54) is 38.5 Å². The summed E-state index contributed by atoms with van der Waals surface area (Å²) in [6, 6.07) is 0. The number of carbonyl (C=O) groups is 2. The maximum atomic E-state index is 11.5. The summed E-state index contributed by atoms with van der Waals surface area (Å²) in [6.45, 7) is 5.55. The molecule has 25 heavy (non-hydrogen) atoms. The molecular formula is C20H38O5. The molecule has 0 radical (unpaired) electrons. The van der Waals surface area contributed by atoms with Gasteiger partial charge in [0.1, 0.15) is 13.2 Å². The number of hydrogen-bond acceptors (Lipinski definition) is 5. The molecule has 0 aliphatic heterocycles. The third kappa shape index (κ3) is 19.1. The first-order valence-corrected chi connectivity index (χ1v) is 10.1. The summed E-state index contributed by atoms with van der Waals surface area (Å²) in [7, 11) is 0. The van der Waals surface area contributed by atoms with Crippen LogP contribution in [-0.4, -0.2) is 38.4 Å². The van der Waals surface area contributed by atoms with E-state index < -0.39 is 0 Å². The Morgan fingerprint density at radius 3 is 1.36 bits per heavy atom. The molecule has 0 saturated heterocycles. The molecule has 5 heteroatoms. The van der Waals surface area contributed by atoms with Gasteiger partial charge in [0.15, 0.2) is 0 Å². The second kappa shape index (κ2) is 19.2. The second-order valence-corrected chi connectivity index (χ2v) is 6.38. The number of carbonyl (C=O) groups excluding carboxylic acids is 2. The van der Waals surface area contributed by atoms with Gasteiger partial charge in [-0.2, -0.15) is 0 Å². The minimum absolute atomic E-state index is 0.158. The quantitative estimate of drug-likeness (QED) is 0.260. The van der Waals surface area contributed by atoms with E-state index in [-0.39, 0.29) is 25.2 Å². The normalized spacial score (nSPS) is 10.6. The molecule has 0 fully saturated rings. The lowest BCUT2D eigenvalue weighted by atomic mass is 10.1. The van der Waals surface area contributed by atoms with Gasteiger partial charge < -0.3 is 14.2 Å². The zero-order valence-electron chi connectivity index (χ0n) is 16.4. The molecule has 0 aliphatic rings. The summed E-state index contributed by atoms with van der Waals surface area (Å²) in [4.78, 5) is 22.9. The first kappa shape index (κ1) is 23.9. The van der Waals surface area contributed by atoms with Gasteiger partial charge in [0.2, 0.25) is 0 Å². The van der Waals surface area contributed by atoms with Crippen molar-refractivity contribution in [3.05, 3.63) is 0 Å². The van der Waals surface area contributed by atoms with Gasteiger partial charge in [-0.25, -0.2) is 0 Å². The van der Waals surface area contributed by atoms with E-state index in [0.717, 1.165) is 25.7 Å². The van der Waals surface area contributed by atoms with Crippen molar-refractivity contribution < 1.29 is 23.8 Å². The van der Waals surface area contributed by atoms with Crippen molar-refractivity contribution >= 4 is 11.9 Å². The van der Waals surface area contributed by atoms with Gasteiger partial charge in [0.05, 0.1) is 13.2 Å². The topological polar surface area (TPSA) is 61.8 Å². The van der Waals surface area contributed by atoms with E-state index in [2.05, 4.69) is 13.8 Å². The van der Waals surface area contributed by atoms with Gasteiger partial charge in [-0.1, -0.05) is 65.2 Å². The van der Waals surface area contributed by atoms with Gasteiger partial charge in [-0.3, -0.25) is 9.59 Å². The van der Waals surface area contributed by atoms with Crippen molar-refractivity contribution in [2.24, 2.45) is 0 Å². The van der Waals surface area contributed by atoms with Crippen molar-refractivity contribution in [2.45, 2.75) is 90.9 Å². The molecule has 0 aromatic rings. The average molecular weight is 359 g/mol. The molecule has 0 unspecified atom stereocenters. The third-order valence-electron chi connectivity index (χ3n) is 3.95. The average Bonchev–Trinajstić information content (AvgIpc) is 2.60. The Hall–Kier alpha value is -1.10. The fraction of sp³-hybridized carbons (Fsp3) is 0.900. The third-order valence-corrected chi connectivity index (χ3v) is 3.95. The SMILES string of the molecule is CCCCCCCC(=O)OCCOCCOC(=O)CCCCCCC. The van der Waals surface area contributed by atoms with E-state index in [0.29, 0.717) is 26.1 Å². The largest absolute Gasteiger partial charge is 0.463 e. The summed E-state index contributed by atoms with van der Waals surface area (Å²) >= 11 is 0. The number of esters is 2. The molecule has 0 rings (SSSR count). The smallest absolute Gasteiger partial charge is 0.305 e. The van der Waals surface area contributed by atoms with Gasteiger partial charge in [0.25, 0.3) is 0 Å². The molecule has 0 atom stereocenters. The van der Waals surface area contributed by atoms with Crippen LogP contribution in [0.15, 0.2) is 0 Å². The molecule has 0 bridgehead atoms. The monoisotopic (exact) mass is 358 g/mol. The van der Waals surface area contributed by atoms with E-state index in [9.17, 15) is 9.59 Å². The van der Waals surface area contributed by atoms with E-state index in [1.807, 2.05) is 0 Å². The Bertz CT molecular complexity index is 287. The highest BCUT2D eigenvalue weighted by atomic mass is 16.6. The van der Waals surface area contributed by atoms with Crippen molar-refractivity contribution in [3.8, 4) is 0 Å². The molecule has 0 N–H and O–H groups in total. The zero-order chi connectivity index (χ0) is 18.6. The zero-order valence-corrected chi connectivity index (χ0v) is 16.4. The Kier molecular flexibility index (Phi) is 18.4. The standard InChI is InChI=1S/C20H38O5/c1-3-5-7-9-11-13-19(21)24-17-15-23-16-18-25-20(22)14-12-10-8-6-4-2/h3-18H2,1-2H3. The summed E-state index contributed by atoms with van der Waals surface area (Å²) in [5.74, 6) is -0.316. The van der Waals surface area contributed by atoms with Gasteiger partial charge >= 0.3 is 11.9 Å². The fourth-order valence-electron chi connectivity index (χ4n) is 2.42. The van der Waals surface area contributed by atoms with Crippen molar-refractivity contribution in [1.29, 1.82) is 0 Å². The number of rotatable bonds is 18. The van der Waals surface area contributed by atoms with Crippen LogP contribution >= 0.6 is 0 Å². The van der Waals surface area contributed by atoms with Crippen LogP contribution in [0.5, 0.6) is 0 Å². The van der Waals surface area contributed by atoms with Crippen LogP contribution in [0, 0.1) is 0 Å². The summed E-state index contributed by atoms with van der Waals surface area (Å²) in [6.07, 6.45) is 12.2. The van der Waals surface area contributed by atoms with E-state index in [4.69, 9.17) is 14.2 Å². The summed E-state index contributed by atoms with van der Waals surface area (Å²) in [5.41, 5.74) is 0. The van der Waals surface area contributed by atoms with E-state index in [1.54, 1.807) is 0 Å². The molecule has 0 aromatic carbocycles. The maximum Gasteiger partial charge on any atom is 0.305 e. The Morgan fingerprint density at radius 2 is 0.960 bits per heavy atom. The number of hydrogen-bond donors (Lipinski definition) is 0. The highest BCUT2D eigenvalue weighted by Crippen LogP contribution is 2.06. The van der Waals surface area contributed by atoms with Crippen LogP contribution in [-0.2, 0) is 23.8 Å². The molecular weight excluding hydrogens is 320 g/mol. The summed E-state index contributed by atoms with van der Waals surface area (Å²) < 4.78 is 15.5. The Labute approximate surface area is 153 Å².